The van der Waals surface area contributed by atoms with Gasteiger partial charge in [0.15, 0.2) is 0 Å². The molecule has 1 aliphatic heterocycles. The molecule has 4 rings (SSSR count). The maximum Gasteiger partial charge on any atom is 0.243 e. The highest BCUT2D eigenvalue weighted by Crippen LogP contribution is 2.28. The molecule has 0 spiro atoms. The highest BCUT2D eigenvalue weighted by atomic mass is 32.2. The van der Waals surface area contributed by atoms with Gasteiger partial charge in [-0.3, -0.25) is 0 Å². The third kappa shape index (κ3) is 3.54. The van der Waals surface area contributed by atoms with Crippen LogP contribution in [0.1, 0.15) is 29.5 Å². The Hall–Kier alpha value is -1.76. The number of sulfonamides is 1. The maximum atomic E-state index is 13.2. The van der Waals surface area contributed by atoms with Crippen LogP contribution in [-0.2, 0) is 34.2 Å². The Kier molecular flexibility index (Phi) is 4.82. The average molecular weight is 375 g/mol. The molecule has 2 aliphatic rings. The largest absolute Gasteiger partial charge is 0.371 e. The molecule has 0 N–H and O–H groups in total. The van der Waals surface area contributed by atoms with Crippen LogP contribution in [-0.4, -0.2) is 31.9 Å². The molecule has 0 atom stereocenters. The minimum Gasteiger partial charge on any atom is -0.371 e. The number of hydrogen-bond donors (Lipinski definition) is 0. The second kappa shape index (κ2) is 7.10. The Morgan fingerprint density at radius 2 is 1.81 bits per heavy atom. The summed E-state index contributed by atoms with van der Waals surface area (Å²) in [4.78, 5) is 0.377. The fourth-order valence-corrected chi connectivity index (χ4v) is 5.12. The van der Waals surface area contributed by atoms with Crippen LogP contribution >= 0.6 is 0 Å². The lowest BCUT2D eigenvalue weighted by molar-refractivity contribution is -0.0296. The van der Waals surface area contributed by atoms with Crippen molar-refractivity contribution in [1.29, 1.82) is 0 Å². The molecule has 0 amide bonds. The van der Waals surface area contributed by atoms with Crippen molar-refractivity contribution in [2.24, 2.45) is 0 Å². The number of rotatable bonds is 5. The predicted molar refractivity (Wildman–Crippen MR) is 96.8 cm³/mol. The van der Waals surface area contributed by atoms with E-state index in [0.29, 0.717) is 18.0 Å². The first-order valence-electron chi connectivity index (χ1n) is 9.00. The number of fused-ring (bicyclic) bond motifs is 1. The summed E-state index contributed by atoms with van der Waals surface area (Å²) in [7, 11) is -3.46. The van der Waals surface area contributed by atoms with Gasteiger partial charge in [0.2, 0.25) is 10.0 Å². The maximum absolute atomic E-state index is 13.2. The van der Waals surface area contributed by atoms with Gasteiger partial charge in [0.05, 0.1) is 17.6 Å². The minimum absolute atomic E-state index is 0.148. The van der Waals surface area contributed by atoms with Crippen LogP contribution in [0.2, 0.25) is 0 Å². The van der Waals surface area contributed by atoms with Gasteiger partial charge in [0.1, 0.15) is 5.82 Å². The van der Waals surface area contributed by atoms with Gasteiger partial charge in [-0.05, 0) is 66.6 Å². The van der Waals surface area contributed by atoms with Gasteiger partial charge in [-0.1, -0.05) is 18.2 Å². The van der Waals surface area contributed by atoms with E-state index in [9.17, 15) is 12.8 Å². The first-order valence-corrected chi connectivity index (χ1v) is 10.4. The summed E-state index contributed by atoms with van der Waals surface area (Å²) >= 11 is 0. The average Bonchev–Trinajstić information content (AvgIpc) is 2.60. The van der Waals surface area contributed by atoms with Gasteiger partial charge in [0.25, 0.3) is 0 Å². The molecule has 0 bridgehead atoms. The van der Waals surface area contributed by atoms with Crippen LogP contribution in [0.25, 0.3) is 0 Å². The molecule has 0 unspecified atom stereocenters. The van der Waals surface area contributed by atoms with Gasteiger partial charge < -0.3 is 4.74 Å². The topological polar surface area (TPSA) is 46.6 Å². The number of benzene rings is 2. The van der Waals surface area contributed by atoms with Crippen molar-refractivity contribution < 1.29 is 17.5 Å². The smallest absolute Gasteiger partial charge is 0.243 e. The third-order valence-electron chi connectivity index (χ3n) is 5.15. The first-order chi connectivity index (χ1) is 12.5. The number of ether oxygens (including phenoxy) is 1. The number of hydrogen-bond acceptors (Lipinski definition) is 3. The van der Waals surface area contributed by atoms with Gasteiger partial charge >= 0.3 is 0 Å². The lowest BCUT2D eigenvalue weighted by Crippen LogP contribution is -2.54. The second-order valence-electron chi connectivity index (χ2n) is 7.02. The van der Waals surface area contributed by atoms with Crippen molar-refractivity contribution in [1.82, 2.24) is 4.31 Å². The van der Waals surface area contributed by atoms with Gasteiger partial charge in [0, 0.05) is 13.1 Å². The summed E-state index contributed by atoms with van der Waals surface area (Å²) in [6.45, 7) is 0.971. The van der Waals surface area contributed by atoms with Crippen LogP contribution in [0.5, 0.6) is 0 Å². The molecule has 1 heterocycles. The normalized spacial score (nSPS) is 18.3. The predicted octanol–water partition coefficient (Wildman–Crippen LogP) is 3.29. The van der Waals surface area contributed by atoms with Gasteiger partial charge in [-0.15, -0.1) is 0 Å². The Morgan fingerprint density at radius 3 is 2.58 bits per heavy atom. The monoisotopic (exact) mass is 375 g/mol. The molecule has 2 aromatic rings. The SMILES string of the molecule is O=S(=O)(c1ccc2c(c1)CCCC2)N1CC(OCc2cccc(F)c2)C1. The van der Waals surface area contributed by atoms with E-state index in [1.54, 1.807) is 18.2 Å². The zero-order valence-electron chi connectivity index (χ0n) is 14.5. The Balaban J connectivity index is 1.37. The zero-order valence-corrected chi connectivity index (χ0v) is 15.3. The lowest BCUT2D eigenvalue weighted by atomic mass is 9.92. The van der Waals surface area contributed by atoms with E-state index in [0.717, 1.165) is 30.4 Å². The van der Waals surface area contributed by atoms with Crippen molar-refractivity contribution in [3.05, 3.63) is 65.0 Å². The summed E-state index contributed by atoms with van der Waals surface area (Å²) in [6, 6.07) is 11.8. The molecule has 1 fully saturated rings. The second-order valence-corrected chi connectivity index (χ2v) is 8.96. The third-order valence-corrected chi connectivity index (χ3v) is 6.97. The number of nitrogens with zero attached hydrogens (tertiary/aromatic N) is 1. The quantitative estimate of drug-likeness (QED) is 0.806. The Labute approximate surface area is 153 Å². The van der Waals surface area contributed by atoms with Crippen LogP contribution in [0.3, 0.4) is 0 Å². The lowest BCUT2D eigenvalue weighted by Gasteiger charge is -2.37. The highest BCUT2D eigenvalue weighted by Gasteiger charge is 2.37. The van der Waals surface area contributed by atoms with Crippen molar-refractivity contribution in [3.63, 3.8) is 0 Å². The van der Waals surface area contributed by atoms with E-state index in [1.165, 1.54) is 28.4 Å². The molecule has 1 saturated heterocycles. The van der Waals surface area contributed by atoms with Crippen LogP contribution in [0.4, 0.5) is 4.39 Å². The summed E-state index contributed by atoms with van der Waals surface area (Å²) in [6.07, 6.45) is 4.14. The van der Waals surface area contributed by atoms with E-state index < -0.39 is 10.0 Å². The summed E-state index contributed by atoms with van der Waals surface area (Å²) in [5.74, 6) is -0.295. The van der Waals surface area contributed by atoms with E-state index in [4.69, 9.17) is 4.74 Å². The fourth-order valence-electron chi connectivity index (χ4n) is 3.56. The van der Waals surface area contributed by atoms with E-state index >= 15 is 0 Å². The van der Waals surface area contributed by atoms with Crippen molar-refractivity contribution in [3.8, 4) is 0 Å². The summed E-state index contributed by atoms with van der Waals surface area (Å²) in [5.41, 5.74) is 3.19. The molecule has 4 nitrogen and oxygen atoms in total. The molecular weight excluding hydrogens is 353 g/mol. The molecular formula is C20H22FNO3S. The molecule has 0 radical (unpaired) electrons. The standard InChI is InChI=1S/C20H22FNO3S/c21-18-7-3-4-15(10-18)14-25-19-12-22(13-19)26(23,24)20-9-8-16-5-1-2-6-17(16)11-20/h3-4,7-11,19H,1-2,5-6,12-14H2. The van der Waals surface area contributed by atoms with Gasteiger partial charge in [-0.25, -0.2) is 12.8 Å². The van der Waals surface area contributed by atoms with Crippen LogP contribution < -0.4 is 0 Å². The minimum atomic E-state index is -3.46. The highest BCUT2D eigenvalue weighted by molar-refractivity contribution is 7.89. The molecule has 26 heavy (non-hydrogen) atoms. The molecule has 2 aromatic carbocycles. The molecule has 138 valence electrons. The number of halogens is 1. The number of aryl methyl sites for hydroxylation is 2. The van der Waals surface area contributed by atoms with Crippen LogP contribution in [0.15, 0.2) is 47.4 Å². The molecule has 0 aromatic heterocycles. The molecule has 6 heteroatoms. The Bertz CT molecular complexity index is 907. The first kappa shape index (κ1) is 17.6. The van der Waals surface area contributed by atoms with Gasteiger partial charge in [-0.2, -0.15) is 4.31 Å². The van der Waals surface area contributed by atoms with E-state index in [-0.39, 0.29) is 18.5 Å². The zero-order chi connectivity index (χ0) is 18.1. The summed E-state index contributed by atoms with van der Waals surface area (Å²) < 4.78 is 45.9. The van der Waals surface area contributed by atoms with Crippen molar-refractivity contribution in [2.45, 2.75) is 43.3 Å². The Morgan fingerprint density at radius 1 is 1.04 bits per heavy atom. The fraction of sp³-hybridized carbons (Fsp3) is 0.400. The van der Waals surface area contributed by atoms with E-state index in [1.807, 2.05) is 12.1 Å². The molecule has 0 saturated carbocycles. The summed E-state index contributed by atoms with van der Waals surface area (Å²) in [5, 5.41) is 0. The molecule has 1 aliphatic carbocycles. The van der Waals surface area contributed by atoms with Crippen molar-refractivity contribution >= 4 is 10.0 Å². The van der Waals surface area contributed by atoms with E-state index in [2.05, 4.69) is 0 Å². The van der Waals surface area contributed by atoms with Crippen LogP contribution in [0, 0.1) is 5.82 Å². The van der Waals surface area contributed by atoms with Crippen molar-refractivity contribution in [2.75, 3.05) is 13.1 Å².